The van der Waals surface area contributed by atoms with E-state index < -0.39 is 10.9 Å². The zero-order valence-electron chi connectivity index (χ0n) is 14.0. The van der Waals surface area contributed by atoms with Crippen LogP contribution < -0.4 is 0 Å². The van der Waals surface area contributed by atoms with Gasteiger partial charge in [0.2, 0.25) is 11.7 Å². The highest BCUT2D eigenvalue weighted by atomic mass is 35.5. The number of non-ortho nitro benzene ring substituents is 1. The highest BCUT2D eigenvalue weighted by Gasteiger charge is 2.12. The fraction of sp³-hybridized carbons (Fsp3) is 0.167. The van der Waals surface area contributed by atoms with Crippen LogP contribution in [0, 0.1) is 10.1 Å². The smallest absolute Gasteiger partial charge is 0.306 e. The summed E-state index contributed by atoms with van der Waals surface area (Å²) in [6.07, 6.45) is 0.283. The van der Waals surface area contributed by atoms with Crippen LogP contribution >= 0.6 is 11.6 Å². The van der Waals surface area contributed by atoms with Crippen molar-refractivity contribution in [3.63, 3.8) is 0 Å². The monoisotopic (exact) mass is 387 g/mol. The summed E-state index contributed by atoms with van der Waals surface area (Å²) in [5, 5.41) is 15.2. The number of carbonyl (C=O) groups excluding carboxylic acids is 1. The van der Waals surface area contributed by atoms with Gasteiger partial charge in [0.15, 0.2) is 0 Å². The van der Waals surface area contributed by atoms with Crippen molar-refractivity contribution in [3.05, 3.63) is 75.1 Å². The first-order valence-electron chi connectivity index (χ1n) is 7.99. The molecule has 27 heavy (non-hydrogen) atoms. The standard InChI is InChI=1S/C18H14ClN3O5/c19-14-6-4-13(5-7-14)18-20-16(27-21-18)8-9-17(23)26-11-12-2-1-3-15(10-12)22(24)25/h1-7,10H,8-9,11H2. The van der Waals surface area contributed by atoms with E-state index >= 15 is 0 Å². The first kappa shape index (κ1) is 18.5. The highest BCUT2D eigenvalue weighted by molar-refractivity contribution is 6.30. The minimum atomic E-state index is -0.501. The molecular formula is C18H14ClN3O5. The minimum Gasteiger partial charge on any atom is -0.461 e. The van der Waals surface area contributed by atoms with Crippen LogP contribution in [0.3, 0.4) is 0 Å². The van der Waals surface area contributed by atoms with Gasteiger partial charge in [-0.25, -0.2) is 0 Å². The molecule has 2 aromatic carbocycles. The molecule has 0 spiro atoms. The number of aryl methyl sites for hydroxylation is 1. The second-order valence-corrected chi connectivity index (χ2v) is 6.04. The quantitative estimate of drug-likeness (QED) is 0.342. The van der Waals surface area contributed by atoms with Gasteiger partial charge in [0.05, 0.1) is 11.3 Å². The molecule has 0 aliphatic heterocycles. The Kier molecular flexibility index (Phi) is 5.77. The van der Waals surface area contributed by atoms with Crippen molar-refractivity contribution in [2.24, 2.45) is 0 Å². The van der Waals surface area contributed by atoms with Crippen LogP contribution in [-0.4, -0.2) is 21.0 Å². The molecule has 0 aliphatic rings. The molecule has 3 aromatic rings. The number of esters is 1. The summed E-state index contributed by atoms with van der Waals surface area (Å²) in [6, 6.07) is 12.9. The number of rotatable bonds is 7. The lowest BCUT2D eigenvalue weighted by atomic mass is 10.2. The number of aromatic nitrogens is 2. The topological polar surface area (TPSA) is 108 Å². The molecule has 1 heterocycles. The molecule has 3 rings (SSSR count). The molecular weight excluding hydrogens is 374 g/mol. The first-order chi connectivity index (χ1) is 13.0. The average molecular weight is 388 g/mol. The van der Waals surface area contributed by atoms with Crippen LogP contribution in [0.4, 0.5) is 5.69 Å². The lowest BCUT2D eigenvalue weighted by Gasteiger charge is -2.04. The molecule has 1 aromatic heterocycles. The normalized spacial score (nSPS) is 10.6. The van der Waals surface area contributed by atoms with E-state index in [1.807, 2.05) is 0 Å². The Morgan fingerprint density at radius 2 is 2.00 bits per heavy atom. The van der Waals surface area contributed by atoms with Crippen LogP contribution in [0.2, 0.25) is 5.02 Å². The van der Waals surface area contributed by atoms with E-state index in [-0.39, 0.29) is 25.1 Å². The second-order valence-electron chi connectivity index (χ2n) is 5.61. The fourth-order valence-corrected chi connectivity index (χ4v) is 2.40. The molecule has 9 heteroatoms. The van der Waals surface area contributed by atoms with Gasteiger partial charge in [-0.2, -0.15) is 4.98 Å². The maximum absolute atomic E-state index is 11.9. The Labute approximate surface area is 158 Å². The summed E-state index contributed by atoms with van der Waals surface area (Å²) in [6.45, 7) is -0.0413. The summed E-state index contributed by atoms with van der Waals surface area (Å²) < 4.78 is 10.3. The Balaban J connectivity index is 1.50. The van der Waals surface area contributed by atoms with Crippen molar-refractivity contribution in [3.8, 4) is 11.4 Å². The third kappa shape index (κ3) is 5.11. The SMILES string of the molecule is O=C(CCc1nc(-c2ccc(Cl)cc2)no1)OCc1cccc([N+](=O)[O-])c1. The Bertz CT molecular complexity index is 956. The Hall–Kier alpha value is -3.26. The maximum atomic E-state index is 11.9. The number of nitro groups is 1. The van der Waals surface area contributed by atoms with Gasteiger partial charge in [-0.05, 0) is 29.8 Å². The van der Waals surface area contributed by atoms with Crippen LogP contribution in [0.5, 0.6) is 0 Å². The molecule has 138 valence electrons. The van der Waals surface area contributed by atoms with Gasteiger partial charge >= 0.3 is 5.97 Å². The molecule has 0 unspecified atom stereocenters. The van der Waals surface area contributed by atoms with Gasteiger partial charge in [0.25, 0.3) is 5.69 Å². The number of hydrogen-bond donors (Lipinski definition) is 0. The minimum absolute atomic E-state index is 0.0413. The van der Waals surface area contributed by atoms with Crippen molar-refractivity contribution in [1.82, 2.24) is 10.1 Å². The number of benzene rings is 2. The van der Waals surface area contributed by atoms with Crippen LogP contribution in [0.15, 0.2) is 53.1 Å². The summed E-state index contributed by atoms with van der Waals surface area (Å²) in [5.74, 6) is 0.256. The van der Waals surface area contributed by atoms with Crippen molar-refractivity contribution in [2.75, 3.05) is 0 Å². The van der Waals surface area contributed by atoms with E-state index in [4.69, 9.17) is 20.9 Å². The third-order valence-electron chi connectivity index (χ3n) is 3.63. The summed E-state index contributed by atoms with van der Waals surface area (Å²) in [7, 11) is 0. The Morgan fingerprint density at radius 3 is 2.74 bits per heavy atom. The number of carbonyl (C=O) groups is 1. The number of hydrogen-bond acceptors (Lipinski definition) is 7. The molecule has 0 saturated heterocycles. The number of ether oxygens (including phenoxy) is 1. The zero-order valence-corrected chi connectivity index (χ0v) is 14.8. The van der Waals surface area contributed by atoms with E-state index in [0.29, 0.717) is 22.3 Å². The average Bonchev–Trinajstić information content (AvgIpc) is 3.14. The molecule has 0 fully saturated rings. The molecule has 8 nitrogen and oxygen atoms in total. The molecule has 0 bridgehead atoms. The molecule has 0 saturated carbocycles. The third-order valence-corrected chi connectivity index (χ3v) is 3.89. The summed E-state index contributed by atoms with van der Waals surface area (Å²) in [4.78, 5) is 26.3. The van der Waals surface area contributed by atoms with Crippen molar-refractivity contribution in [2.45, 2.75) is 19.4 Å². The van der Waals surface area contributed by atoms with Gasteiger partial charge in [-0.15, -0.1) is 0 Å². The zero-order chi connectivity index (χ0) is 19.2. The summed E-state index contributed by atoms with van der Waals surface area (Å²) >= 11 is 5.84. The number of nitro benzene ring substituents is 1. The van der Waals surface area contributed by atoms with Crippen molar-refractivity contribution < 1.29 is 19.0 Å². The van der Waals surface area contributed by atoms with Crippen LogP contribution in [-0.2, 0) is 22.6 Å². The van der Waals surface area contributed by atoms with Gasteiger partial charge in [-0.1, -0.05) is 28.9 Å². The lowest BCUT2D eigenvalue weighted by Crippen LogP contribution is -2.06. The van der Waals surface area contributed by atoms with E-state index in [0.717, 1.165) is 5.56 Å². The van der Waals surface area contributed by atoms with Crippen LogP contribution in [0.1, 0.15) is 17.9 Å². The van der Waals surface area contributed by atoms with E-state index in [9.17, 15) is 14.9 Å². The summed E-state index contributed by atoms with van der Waals surface area (Å²) in [5.41, 5.74) is 1.24. The van der Waals surface area contributed by atoms with Crippen LogP contribution in [0.25, 0.3) is 11.4 Å². The molecule has 0 amide bonds. The maximum Gasteiger partial charge on any atom is 0.306 e. The van der Waals surface area contributed by atoms with Gasteiger partial charge in [0.1, 0.15) is 6.61 Å². The highest BCUT2D eigenvalue weighted by Crippen LogP contribution is 2.19. The molecule has 0 radical (unpaired) electrons. The van der Waals surface area contributed by atoms with Gasteiger partial charge in [-0.3, -0.25) is 14.9 Å². The molecule has 0 aliphatic carbocycles. The molecule has 0 atom stereocenters. The van der Waals surface area contributed by atoms with Crippen molar-refractivity contribution >= 4 is 23.3 Å². The molecule has 0 N–H and O–H groups in total. The van der Waals surface area contributed by atoms with E-state index in [1.165, 1.54) is 18.2 Å². The van der Waals surface area contributed by atoms with Gasteiger partial charge in [0, 0.05) is 29.1 Å². The predicted octanol–water partition coefficient (Wildman–Crippen LogP) is 3.97. The fourth-order valence-electron chi connectivity index (χ4n) is 2.28. The number of halogens is 1. The van der Waals surface area contributed by atoms with E-state index in [1.54, 1.807) is 30.3 Å². The lowest BCUT2D eigenvalue weighted by molar-refractivity contribution is -0.384. The predicted molar refractivity (Wildman–Crippen MR) is 96.0 cm³/mol. The second kappa shape index (κ2) is 8.41. The van der Waals surface area contributed by atoms with Gasteiger partial charge < -0.3 is 9.26 Å². The van der Waals surface area contributed by atoms with Crippen molar-refractivity contribution in [1.29, 1.82) is 0 Å². The Morgan fingerprint density at radius 1 is 1.22 bits per heavy atom. The van der Waals surface area contributed by atoms with E-state index in [2.05, 4.69) is 10.1 Å². The largest absolute Gasteiger partial charge is 0.461 e. The number of nitrogens with zero attached hydrogens (tertiary/aromatic N) is 3. The first-order valence-corrected chi connectivity index (χ1v) is 8.36.